The molecular formula is C17H24N2O10. The lowest BCUT2D eigenvalue weighted by Crippen LogP contribution is -2.63. The fourth-order valence-corrected chi connectivity index (χ4v) is 2.72. The van der Waals surface area contributed by atoms with Gasteiger partial charge in [0.25, 0.3) is 0 Å². The Morgan fingerprint density at radius 2 is 1.69 bits per heavy atom. The first kappa shape index (κ1) is 23.9. The molecule has 0 aromatic heterocycles. The van der Waals surface area contributed by atoms with Gasteiger partial charge < -0.3 is 35.1 Å². The third-order valence-electron chi connectivity index (χ3n) is 3.72. The van der Waals surface area contributed by atoms with Crippen LogP contribution in [0.2, 0.25) is 0 Å². The van der Waals surface area contributed by atoms with Gasteiger partial charge in [-0.2, -0.15) is 0 Å². The van der Waals surface area contributed by atoms with Crippen molar-refractivity contribution in [2.45, 2.75) is 58.1 Å². The van der Waals surface area contributed by atoms with Crippen LogP contribution in [-0.2, 0) is 42.9 Å². The number of hydrogen-bond acceptors (Lipinski definition) is 10. The minimum absolute atomic E-state index is 0.513. The van der Waals surface area contributed by atoms with Crippen LogP contribution < -0.4 is 11.1 Å². The molecule has 0 aromatic carbocycles. The molecule has 1 heterocycles. The monoisotopic (exact) mass is 416 g/mol. The minimum atomic E-state index is -1.46. The van der Waals surface area contributed by atoms with Crippen LogP contribution in [0.3, 0.4) is 0 Å². The molecule has 0 unspecified atom stereocenters. The Morgan fingerprint density at radius 1 is 1.10 bits per heavy atom. The van der Waals surface area contributed by atoms with E-state index in [-0.39, 0.29) is 0 Å². The summed E-state index contributed by atoms with van der Waals surface area (Å²) in [6.45, 7) is 3.94. The summed E-state index contributed by atoms with van der Waals surface area (Å²) in [5.41, 5.74) is 5.97. The van der Waals surface area contributed by atoms with E-state index in [0.717, 1.165) is 26.8 Å². The summed E-state index contributed by atoms with van der Waals surface area (Å²) in [5.74, 6) is -4.82. The number of esters is 3. The molecule has 5 atom stereocenters. The van der Waals surface area contributed by atoms with Crippen molar-refractivity contribution in [2.24, 2.45) is 5.73 Å². The average Bonchev–Trinajstić information content (AvgIpc) is 2.57. The summed E-state index contributed by atoms with van der Waals surface area (Å²) in [5, 5.41) is 11.8. The van der Waals surface area contributed by atoms with Gasteiger partial charge in [-0.3, -0.25) is 19.2 Å². The maximum atomic E-state index is 11.7. The molecule has 0 aliphatic carbocycles. The Labute approximate surface area is 166 Å². The quantitative estimate of drug-likeness (QED) is 0.313. The molecule has 0 saturated carbocycles. The van der Waals surface area contributed by atoms with Crippen LogP contribution in [0.1, 0.15) is 27.7 Å². The third-order valence-corrected chi connectivity index (χ3v) is 3.72. The molecule has 0 spiro atoms. The zero-order valence-corrected chi connectivity index (χ0v) is 16.4. The largest absolute Gasteiger partial charge is 0.477 e. The normalized spacial score (nSPS) is 22.8. The number of aliphatic carboxylic acids is 1. The lowest BCUT2D eigenvalue weighted by molar-refractivity contribution is -0.187. The number of carbonyl (C=O) groups excluding carboxylic acids is 4. The first-order chi connectivity index (χ1) is 13.4. The maximum absolute atomic E-state index is 11.7. The maximum Gasteiger partial charge on any atom is 0.370 e. The topological polar surface area (TPSA) is 181 Å². The second-order valence-corrected chi connectivity index (χ2v) is 6.25. The molecule has 4 N–H and O–H groups in total. The highest BCUT2D eigenvalue weighted by molar-refractivity contribution is 5.85. The van der Waals surface area contributed by atoms with Gasteiger partial charge in [0.1, 0.15) is 6.61 Å². The van der Waals surface area contributed by atoms with E-state index in [0.29, 0.717) is 0 Å². The predicted molar refractivity (Wildman–Crippen MR) is 93.9 cm³/mol. The highest BCUT2D eigenvalue weighted by Gasteiger charge is 2.46. The first-order valence-electron chi connectivity index (χ1n) is 8.54. The smallest absolute Gasteiger partial charge is 0.370 e. The van der Waals surface area contributed by atoms with Gasteiger partial charge in [0.15, 0.2) is 18.3 Å². The van der Waals surface area contributed by atoms with Gasteiger partial charge in [0.05, 0.1) is 12.1 Å². The van der Waals surface area contributed by atoms with Gasteiger partial charge >= 0.3 is 23.9 Å². The Kier molecular flexibility index (Phi) is 8.57. The molecule has 29 heavy (non-hydrogen) atoms. The van der Waals surface area contributed by atoms with Crippen LogP contribution in [-0.4, -0.2) is 71.9 Å². The molecular weight excluding hydrogens is 392 g/mol. The molecule has 162 valence electrons. The van der Waals surface area contributed by atoms with Crippen LogP contribution in [0.25, 0.3) is 0 Å². The van der Waals surface area contributed by atoms with Gasteiger partial charge in [-0.15, -0.1) is 0 Å². The van der Waals surface area contributed by atoms with Crippen molar-refractivity contribution in [1.82, 2.24) is 5.32 Å². The van der Waals surface area contributed by atoms with E-state index in [4.69, 9.17) is 24.7 Å². The van der Waals surface area contributed by atoms with Crippen molar-refractivity contribution < 1.29 is 48.0 Å². The van der Waals surface area contributed by atoms with Crippen LogP contribution in [0.5, 0.6) is 0 Å². The van der Waals surface area contributed by atoms with Crippen molar-refractivity contribution in [1.29, 1.82) is 0 Å². The van der Waals surface area contributed by atoms with Crippen LogP contribution >= 0.6 is 0 Å². The lowest BCUT2D eigenvalue weighted by Gasteiger charge is -2.40. The first-order valence-corrected chi connectivity index (χ1v) is 8.54. The van der Waals surface area contributed by atoms with Crippen molar-refractivity contribution in [2.75, 3.05) is 6.61 Å². The molecule has 1 rings (SSSR count). The average molecular weight is 416 g/mol. The van der Waals surface area contributed by atoms with Crippen LogP contribution in [0.4, 0.5) is 0 Å². The van der Waals surface area contributed by atoms with E-state index < -0.39 is 72.5 Å². The van der Waals surface area contributed by atoms with E-state index in [2.05, 4.69) is 5.32 Å². The Bertz CT molecular complexity index is 704. The number of nitrogens with one attached hydrogen (secondary N) is 1. The molecule has 0 radical (unpaired) electrons. The van der Waals surface area contributed by atoms with E-state index in [1.807, 2.05) is 0 Å². The second kappa shape index (κ2) is 10.4. The Balaban J connectivity index is 3.39. The Morgan fingerprint density at radius 3 is 2.14 bits per heavy atom. The molecule has 12 nitrogen and oxygen atoms in total. The van der Waals surface area contributed by atoms with Crippen molar-refractivity contribution in [3.8, 4) is 0 Å². The van der Waals surface area contributed by atoms with Gasteiger partial charge in [0, 0.05) is 27.7 Å². The summed E-state index contributed by atoms with van der Waals surface area (Å²) < 4.78 is 20.6. The molecule has 1 aliphatic heterocycles. The SMILES string of the molecule is CC(=O)N[C@H]1[C@H]([C@H](OC(C)=O)[C@@H](COC(C)=O)OC(C)=O)OC(C(=O)O)=C[C@@H]1N. The number of nitrogens with two attached hydrogens (primary N) is 1. The highest BCUT2D eigenvalue weighted by Crippen LogP contribution is 2.25. The number of hydrogen-bond donors (Lipinski definition) is 3. The predicted octanol–water partition coefficient (Wildman–Crippen LogP) is -1.39. The zero-order valence-electron chi connectivity index (χ0n) is 16.4. The molecule has 1 aliphatic rings. The third kappa shape index (κ3) is 7.41. The number of amides is 1. The van der Waals surface area contributed by atoms with E-state index in [1.54, 1.807) is 0 Å². The summed E-state index contributed by atoms with van der Waals surface area (Å²) in [6, 6.07) is -2.08. The second-order valence-electron chi connectivity index (χ2n) is 6.25. The fourth-order valence-electron chi connectivity index (χ4n) is 2.72. The van der Waals surface area contributed by atoms with Crippen molar-refractivity contribution >= 4 is 29.8 Å². The van der Waals surface area contributed by atoms with Crippen LogP contribution in [0, 0.1) is 0 Å². The molecule has 0 fully saturated rings. The summed E-state index contributed by atoms with van der Waals surface area (Å²) >= 11 is 0. The van der Waals surface area contributed by atoms with Crippen molar-refractivity contribution in [3.63, 3.8) is 0 Å². The number of rotatable bonds is 8. The zero-order chi connectivity index (χ0) is 22.3. The summed E-state index contributed by atoms with van der Waals surface area (Å²) in [6.07, 6.45) is -3.10. The van der Waals surface area contributed by atoms with E-state index in [1.165, 1.54) is 6.92 Å². The number of carboxylic acids is 1. The molecule has 0 bridgehead atoms. The van der Waals surface area contributed by atoms with Gasteiger partial charge in [-0.1, -0.05) is 0 Å². The van der Waals surface area contributed by atoms with E-state index in [9.17, 15) is 29.1 Å². The fraction of sp³-hybridized carbons (Fsp3) is 0.588. The minimum Gasteiger partial charge on any atom is -0.477 e. The standard InChI is InChI=1S/C17H24N2O10/c1-7(20)19-14-11(18)5-12(17(24)25)29-16(14)15(28-10(4)23)13(27-9(3)22)6-26-8(2)21/h5,11,13-16H,6,18H2,1-4H3,(H,19,20)(H,24,25)/t11-,13+,14+,15+,16+/m0/s1. The number of carboxylic acid groups (broad SMARTS) is 1. The number of ether oxygens (including phenoxy) is 4. The van der Waals surface area contributed by atoms with Gasteiger partial charge in [0.2, 0.25) is 11.7 Å². The summed E-state index contributed by atoms with van der Waals surface area (Å²) in [7, 11) is 0. The lowest BCUT2D eigenvalue weighted by atomic mass is 9.92. The van der Waals surface area contributed by atoms with Crippen molar-refractivity contribution in [3.05, 3.63) is 11.8 Å². The van der Waals surface area contributed by atoms with Gasteiger partial charge in [-0.25, -0.2) is 4.79 Å². The van der Waals surface area contributed by atoms with Gasteiger partial charge in [-0.05, 0) is 6.08 Å². The molecule has 1 amide bonds. The van der Waals surface area contributed by atoms with E-state index >= 15 is 0 Å². The molecule has 0 aromatic rings. The number of carbonyl (C=O) groups is 5. The Hall–Kier alpha value is -3.15. The molecule has 12 heteroatoms. The summed E-state index contributed by atoms with van der Waals surface area (Å²) in [4.78, 5) is 57.4. The highest BCUT2D eigenvalue weighted by atomic mass is 16.6. The van der Waals surface area contributed by atoms with Crippen LogP contribution in [0.15, 0.2) is 11.8 Å². The molecule has 0 saturated heterocycles.